The molecule has 0 aliphatic carbocycles. The standard InChI is InChI=1S/C33H29IN2O4/c1-3-38-31-19-26(18-30(34)32(31)40-22-24-7-5-4-6-8-24)17-27(20-35)33(37)36-28-13-15-29(16-14-28)39-21-25-11-9-23(2)10-12-25/h4-19H,3,21-22H2,1-2H3,(H,36,37)/b27-17+. The SMILES string of the molecule is CCOc1cc(/C=C(\C#N)C(=O)Nc2ccc(OCc3ccc(C)cc3)cc2)cc(I)c1OCc1ccccc1. The molecule has 4 rings (SSSR count). The van der Waals surface area contributed by atoms with Crippen molar-refractivity contribution in [3.05, 3.63) is 122 Å². The fourth-order valence-electron chi connectivity index (χ4n) is 3.80. The molecule has 0 unspecified atom stereocenters. The topological polar surface area (TPSA) is 80.6 Å². The number of halogens is 1. The van der Waals surface area contributed by atoms with Gasteiger partial charge in [-0.3, -0.25) is 4.79 Å². The van der Waals surface area contributed by atoms with Crippen LogP contribution < -0.4 is 19.5 Å². The summed E-state index contributed by atoms with van der Waals surface area (Å²) in [5.74, 6) is 1.35. The van der Waals surface area contributed by atoms with Crippen molar-refractivity contribution < 1.29 is 19.0 Å². The van der Waals surface area contributed by atoms with Crippen LogP contribution in [-0.4, -0.2) is 12.5 Å². The quantitative estimate of drug-likeness (QED) is 0.103. The van der Waals surface area contributed by atoms with Crippen LogP contribution >= 0.6 is 22.6 Å². The molecule has 1 amide bonds. The second-order valence-corrected chi connectivity index (χ2v) is 10.1. The molecule has 4 aromatic rings. The highest BCUT2D eigenvalue weighted by Gasteiger charge is 2.15. The number of hydrogen-bond acceptors (Lipinski definition) is 5. The van der Waals surface area contributed by atoms with Crippen LogP contribution in [-0.2, 0) is 18.0 Å². The zero-order chi connectivity index (χ0) is 28.3. The molecule has 0 aliphatic heterocycles. The third-order valence-electron chi connectivity index (χ3n) is 5.87. The molecule has 0 spiro atoms. The highest BCUT2D eigenvalue weighted by Crippen LogP contribution is 2.35. The molecule has 6 nitrogen and oxygen atoms in total. The number of anilines is 1. The van der Waals surface area contributed by atoms with Crippen LogP contribution in [0.1, 0.15) is 29.2 Å². The molecule has 0 saturated carbocycles. The maximum Gasteiger partial charge on any atom is 0.266 e. The van der Waals surface area contributed by atoms with E-state index in [4.69, 9.17) is 14.2 Å². The number of nitriles is 1. The highest BCUT2D eigenvalue weighted by atomic mass is 127. The Balaban J connectivity index is 1.43. The molecule has 202 valence electrons. The maximum absolute atomic E-state index is 12.9. The summed E-state index contributed by atoms with van der Waals surface area (Å²) in [6.07, 6.45) is 1.54. The predicted molar refractivity (Wildman–Crippen MR) is 165 cm³/mol. The van der Waals surface area contributed by atoms with Crippen molar-refractivity contribution in [2.75, 3.05) is 11.9 Å². The van der Waals surface area contributed by atoms with Gasteiger partial charge in [-0.15, -0.1) is 0 Å². The van der Waals surface area contributed by atoms with E-state index in [2.05, 4.69) is 27.9 Å². The number of benzene rings is 4. The molecular weight excluding hydrogens is 615 g/mol. The largest absolute Gasteiger partial charge is 0.490 e. The first-order valence-corrected chi connectivity index (χ1v) is 13.9. The lowest BCUT2D eigenvalue weighted by Gasteiger charge is -2.15. The Morgan fingerprint density at radius 2 is 1.57 bits per heavy atom. The van der Waals surface area contributed by atoms with Crippen molar-refractivity contribution in [1.29, 1.82) is 5.26 Å². The average Bonchev–Trinajstić information content (AvgIpc) is 2.96. The van der Waals surface area contributed by atoms with E-state index in [0.29, 0.717) is 48.3 Å². The van der Waals surface area contributed by atoms with Crippen LogP contribution in [0, 0.1) is 21.8 Å². The van der Waals surface area contributed by atoms with Gasteiger partial charge in [0.2, 0.25) is 0 Å². The van der Waals surface area contributed by atoms with E-state index in [0.717, 1.165) is 14.7 Å². The minimum Gasteiger partial charge on any atom is -0.490 e. The van der Waals surface area contributed by atoms with Crippen molar-refractivity contribution in [3.8, 4) is 23.3 Å². The first-order chi connectivity index (χ1) is 19.4. The monoisotopic (exact) mass is 644 g/mol. The van der Waals surface area contributed by atoms with Gasteiger partial charge in [-0.05, 0) is 95.6 Å². The van der Waals surface area contributed by atoms with Crippen LogP contribution in [0.4, 0.5) is 5.69 Å². The van der Waals surface area contributed by atoms with Crippen molar-refractivity contribution >= 4 is 40.3 Å². The van der Waals surface area contributed by atoms with Crippen LogP contribution in [0.3, 0.4) is 0 Å². The highest BCUT2D eigenvalue weighted by molar-refractivity contribution is 14.1. The summed E-state index contributed by atoms with van der Waals surface area (Å²) >= 11 is 2.17. The Kier molecular flexibility index (Phi) is 10.2. The van der Waals surface area contributed by atoms with Gasteiger partial charge in [0.05, 0.1) is 10.2 Å². The summed E-state index contributed by atoms with van der Waals surface area (Å²) in [7, 11) is 0. The van der Waals surface area contributed by atoms with Gasteiger partial charge in [-0.2, -0.15) is 5.26 Å². The first kappa shape index (κ1) is 28.7. The van der Waals surface area contributed by atoms with Gasteiger partial charge >= 0.3 is 0 Å². The molecule has 0 atom stereocenters. The van der Waals surface area contributed by atoms with E-state index in [1.807, 2.05) is 80.6 Å². The Morgan fingerprint density at radius 3 is 2.25 bits per heavy atom. The molecule has 0 aliphatic rings. The summed E-state index contributed by atoms with van der Waals surface area (Å²) in [5.41, 5.74) is 4.50. The number of carbonyl (C=O) groups excluding carboxylic acids is 1. The smallest absolute Gasteiger partial charge is 0.266 e. The Labute approximate surface area is 248 Å². The third-order valence-corrected chi connectivity index (χ3v) is 6.67. The lowest BCUT2D eigenvalue weighted by molar-refractivity contribution is -0.112. The Morgan fingerprint density at radius 1 is 0.900 bits per heavy atom. The second-order valence-electron chi connectivity index (χ2n) is 8.96. The summed E-state index contributed by atoms with van der Waals surface area (Å²) in [6.45, 7) is 5.23. The van der Waals surface area contributed by atoms with Crippen molar-refractivity contribution in [1.82, 2.24) is 0 Å². The zero-order valence-corrected chi connectivity index (χ0v) is 24.5. The van der Waals surface area contributed by atoms with Crippen LogP contribution in [0.5, 0.6) is 17.2 Å². The molecule has 0 radical (unpaired) electrons. The summed E-state index contributed by atoms with van der Waals surface area (Å²) < 4.78 is 18.5. The van der Waals surface area contributed by atoms with Gasteiger partial charge in [0, 0.05) is 5.69 Å². The third kappa shape index (κ3) is 8.10. The van der Waals surface area contributed by atoms with Gasteiger partial charge in [-0.1, -0.05) is 60.2 Å². The molecule has 1 N–H and O–H groups in total. The molecule has 4 aromatic carbocycles. The van der Waals surface area contributed by atoms with E-state index < -0.39 is 5.91 Å². The molecule has 0 saturated heterocycles. The predicted octanol–water partition coefficient (Wildman–Crippen LogP) is 7.70. The maximum atomic E-state index is 12.9. The number of nitrogens with zero attached hydrogens (tertiary/aromatic N) is 1. The van der Waals surface area contributed by atoms with Crippen LogP contribution in [0.15, 0.2) is 96.6 Å². The molecule has 0 bridgehead atoms. The molecule has 0 fully saturated rings. The number of aryl methyl sites for hydroxylation is 1. The minimum absolute atomic E-state index is 0.0316. The first-order valence-electron chi connectivity index (χ1n) is 12.8. The number of carbonyl (C=O) groups is 1. The van der Waals surface area contributed by atoms with Crippen molar-refractivity contribution in [2.24, 2.45) is 0 Å². The van der Waals surface area contributed by atoms with Crippen molar-refractivity contribution in [3.63, 3.8) is 0 Å². The molecule has 40 heavy (non-hydrogen) atoms. The fraction of sp³-hybridized carbons (Fsp3) is 0.152. The number of nitrogens with one attached hydrogen (secondary N) is 1. The van der Waals surface area contributed by atoms with Gasteiger partial charge in [-0.25, -0.2) is 0 Å². The molecule has 0 heterocycles. The van der Waals surface area contributed by atoms with Gasteiger partial charge in [0.1, 0.15) is 30.6 Å². The number of amides is 1. The fourth-order valence-corrected chi connectivity index (χ4v) is 4.58. The zero-order valence-electron chi connectivity index (χ0n) is 22.3. The number of rotatable bonds is 11. The minimum atomic E-state index is -0.506. The summed E-state index contributed by atoms with van der Waals surface area (Å²) in [5, 5.41) is 12.5. The number of ether oxygens (including phenoxy) is 3. The summed E-state index contributed by atoms with van der Waals surface area (Å²) in [6, 6.07) is 30.7. The summed E-state index contributed by atoms with van der Waals surface area (Å²) in [4.78, 5) is 12.9. The van der Waals surface area contributed by atoms with Crippen LogP contribution in [0.25, 0.3) is 6.08 Å². The van der Waals surface area contributed by atoms with E-state index >= 15 is 0 Å². The van der Waals surface area contributed by atoms with E-state index in [1.54, 1.807) is 36.4 Å². The molecule has 0 aromatic heterocycles. The van der Waals surface area contributed by atoms with Crippen LogP contribution in [0.2, 0.25) is 0 Å². The Hall–Kier alpha value is -4.29. The van der Waals surface area contributed by atoms with Gasteiger partial charge < -0.3 is 19.5 Å². The second kappa shape index (κ2) is 14.2. The lowest BCUT2D eigenvalue weighted by atomic mass is 10.1. The average molecular weight is 645 g/mol. The van der Waals surface area contributed by atoms with E-state index in [9.17, 15) is 10.1 Å². The normalized spacial score (nSPS) is 10.9. The number of hydrogen-bond donors (Lipinski definition) is 1. The Bertz CT molecular complexity index is 1510. The van der Waals surface area contributed by atoms with Gasteiger partial charge in [0.25, 0.3) is 5.91 Å². The van der Waals surface area contributed by atoms with E-state index in [1.165, 1.54) is 5.56 Å². The molecule has 7 heteroatoms. The lowest BCUT2D eigenvalue weighted by Crippen LogP contribution is -2.13. The molecular formula is C33H29IN2O4. The van der Waals surface area contributed by atoms with Gasteiger partial charge in [0.15, 0.2) is 11.5 Å². The van der Waals surface area contributed by atoms with E-state index in [-0.39, 0.29) is 5.57 Å². The van der Waals surface area contributed by atoms with Crippen molar-refractivity contribution in [2.45, 2.75) is 27.1 Å².